The largest absolute Gasteiger partial charge is 0.481 e. The molecule has 0 bridgehead atoms. The molecule has 0 aromatic heterocycles. The van der Waals surface area contributed by atoms with Crippen LogP contribution in [0.2, 0.25) is 0 Å². The van der Waals surface area contributed by atoms with Gasteiger partial charge >= 0.3 is 11.9 Å². The van der Waals surface area contributed by atoms with E-state index in [-0.39, 0.29) is 6.42 Å². The first-order chi connectivity index (χ1) is 10.6. The van der Waals surface area contributed by atoms with Crippen LogP contribution in [0.15, 0.2) is 0 Å². The third kappa shape index (κ3) is 13.9. The van der Waals surface area contributed by atoms with E-state index >= 15 is 0 Å². The molecule has 0 radical (unpaired) electrons. The molecule has 3 N–H and O–H groups in total. The van der Waals surface area contributed by atoms with E-state index in [1.54, 1.807) is 0 Å². The molecule has 0 saturated heterocycles. The summed E-state index contributed by atoms with van der Waals surface area (Å²) in [6.45, 7) is 2.88. The zero-order chi connectivity index (χ0) is 16.6. The van der Waals surface area contributed by atoms with Crippen molar-refractivity contribution in [2.45, 2.75) is 90.0 Å². The summed E-state index contributed by atoms with van der Waals surface area (Å²) >= 11 is 0. The summed E-state index contributed by atoms with van der Waals surface area (Å²) in [4.78, 5) is 21.5. The summed E-state index contributed by atoms with van der Waals surface area (Å²) < 4.78 is 0. The Labute approximate surface area is 134 Å². The summed E-state index contributed by atoms with van der Waals surface area (Å²) in [5.41, 5.74) is 0. The van der Waals surface area contributed by atoms with Crippen molar-refractivity contribution < 1.29 is 19.8 Å². The minimum Gasteiger partial charge on any atom is -0.481 e. The number of hydrogen-bond donors (Lipinski definition) is 3. The minimum absolute atomic E-state index is 0.225. The minimum atomic E-state index is -0.764. The molecule has 0 rings (SSSR count). The summed E-state index contributed by atoms with van der Waals surface area (Å²) in [7, 11) is 0. The van der Waals surface area contributed by atoms with Gasteiger partial charge in [-0.3, -0.25) is 9.59 Å². The topological polar surface area (TPSA) is 86.6 Å². The Balaban J connectivity index is 3.56. The van der Waals surface area contributed by atoms with E-state index in [0.29, 0.717) is 19.4 Å². The van der Waals surface area contributed by atoms with E-state index in [2.05, 4.69) is 12.2 Å². The van der Waals surface area contributed by atoms with E-state index in [1.165, 1.54) is 25.7 Å². The maximum absolute atomic E-state index is 11.2. The van der Waals surface area contributed by atoms with Crippen LogP contribution in [0, 0.1) is 0 Å². The smallest absolute Gasteiger partial charge is 0.320 e. The van der Waals surface area contributed by atoms with Crippen LogP contribution in [0.4, 0.5) is 0 Å². The number of aliphatic carboxylic acids is 2. The molecular weight excluding hydrogens is 282 g/mol. The van der Waals surface area contributed by atoms with Gasteiger partial charge in [-0.05, 0) is 25.8 Å². The fourth-order valence-electron chi connectivity index (χ4n) is 2.47. The first-order valence-corrected chi connectivity index (χ1v) is 8.76. The van der Waals surface area contributed by atoms with Crippen LogP contribution in [-0.2, 0) is 9.59 Å². The van der Waals surface area contributed by atoms with Gasteiger partial charge in [0.15, 0.2) is 0 Å². The Morgan fingerprint density at radius 2 is 1.45 bits per heavy atom. The summed E-state index contributed by atoms with van der Waals surface area (Å²) in [6, 6.07) is -0.440. The lowest BCUT2D eigenvalue weighted by Crippen LogP contribution is -2.37. The molecule has 0 aliphatic carbocycles. The second-order valence-corrected chi connectivity index (χ2v) is 5.96. The van der Waals surface area contributed by atoms with Gasteiger partial charge in [0.1, 0.15) is 6.04 Å². The van der Waals surface area contributed by atoms with Crippen LogP contribution in [0.3, 0.4) is 0 Å². The molecule has 0 unspecified atom stereocenters. The highest BCUT2D eigenvalue weighted by molar-refractivity contribution is 5.73. The average molecular weight is 315 g/mol. The maximum Gasteiger partial charge on any atom is 0.320 e. The number of unbranched alkanes of at least 4 members (excludes halogenated alkanes) is 8. The van der Waals surface area contributed by atoms with Gasteiger partial charge in [0.05, 0.1) is 0 Å². The highest BCUT2D eigenvalue weighted by atomic mass is 16.4. The van der Waals surface area contributed by atoms with Crippen LogP contribution in [0.1, 0.15) is 84.0 Å². The molecular formula is C17H33NO4. The highest BCUT2D eigenvalue weighted by Gasteiger charge is 2.15. The van der Waals surface area contributed by atoms with Crippen molar-refractivity contribution >= 4 is 11.9 Å². The fraction of sp³-hybridized carbons (Fsp3) is 0.882. The second kappa shape index (κ2) is 14.8. The van der Waals surface area contributed by atoms with Crippen LogP contribution >= 0.6 is 0 Å². The Morgan fingerprint density at radius 1 is 0.864 bits per heavy atom. The molecule has 0 fully saturated rings. The molecule has 5 heteroatoms. The van der Waals surface area contributed by atoms with Crippen molar-refractivity contribution in [1.82, 2.24) is 5.32 Å². The van der Waals surface area contributed by atoms with Gasteiger partial charge in [-0.1, -0.05) is 58.3 Å². The molecule has 0 aromatic rings. The molecule has 22 heavy (non-hydrogen) atoms. The van der Waals surface area contributed by atoms with Crippen LogP contribution in [0.5, 0.6) is 0 Å². The third-order valence-corrected chi connectivity index (χ3v) is 3.85. The monoisotopic (exact) mass is 315 g/mol. The number of nitrogens with one attached hydrogen (secondary N) is 1. The number of carboxylic acids is 2. The lowest BCUT2D eigenvalue weighted by Gasteiger charge is -2.14. The van der Waals surface area contributed by atoms with Crippen molar-refractivity contribution in [1.29, 1.82) is 0 Å². The normalized spacial score (nSPS) is 12.2. The summed E-state index contributed by atoms with van der Waals surface area (Å²) in [6.07, 6.45) is 11.4. The molecule has 0 heterocycles. The Kier molecular flexibility index (Phi) is 14.1. The molecule has 1 atom stereocenters. The number of carboxylic acid groups (broad SMARTS) is 2. The maximum atomic E-state index is 11.2. The van der Waals surface area contributed by atoms with E-state index in [9.17, 15) is 14.7 Å². The molecule has 0 aliphatic heterocycles. The fourth-order valence-corrected chi connectivity index (χ4v) is 2.47. The predicted octanol–water partition coefficient (Wildman–Crippen LogP) is 3.81. The standard InChI is InChI=1S/C17H33NO4/c1-2-3-4-5-6-9-12-15(17(21)22)18-14-11-8-7-10-13-16(19)20/h15,18H,2-14H2,1H3,(H,19,20)(H,21,22)/t15-/m1/s1. The van der Waals surface area contributed by atoms with Gasteiger partial charge in [-0.25, -0.2) is 0 Å². The number of rotatable bonds is 16. The molecule has 130 valence electrons. The van der Waals surface area contributed by atoms with Crippen LogP contribution < -0.4 is 5.32 Å². The predicted molar refractivity (Wildman–Crippen MR) is 88.1 cm³/mol. The Hall–Kier alpha value is -1.10. The molecule has 0 aromatic carbocycles. The molecule has 0 amide bonds. The molecule has 0 saturated carbocycles. The van der Waals surface area contributed by atoms with Crippen molar-refractivity contribution in [3.8, 4) is 0 Å². The zero-order valence-electron chi connectivity index (χ0n) is 14.0. The van der Waals surface area contributed by atoms with Gasteiger partial charge in [0.25, 0.3) is 0 Å². The lowest BCUT2D eigenvalue weighted by molar-refractivity contribution is -0.140. The quantitative estimate of drug-likeness (QED) is 0.377. The molecule has 0 spiro atoms. The van der Waals surface area contributed by atoms with Crippen molar-refractivity contribution in [2.75, 3.05) is 6.54 Å². The van der Waals surface area contributed by atoms with E-state index < -0.39 is 18.0 Å². The molecule has 0 aliphatic rings. The first-order valence-electron chi connectivity index (χ1n) is 8.76. The van der Waals surface area contributed by atoms with Gasteiger partial charge < -0.3 is 15.5 Å². The summed E-state index contributed by atoms with van der Waals surface area (Å²) in [5.74, 6) is -1.51. The third-order valence-electron chi connectivity index (χ3n) is 3.85. The lowest BCUT2D eigenvalue weighted by atomic mass is 10.1. The van der Waals surface area contributed by atoms with Gasteiger partial charge in [-0.15, -0.1) is 0 Å². The van der Waals surface area contributed by atoms with Crippen LogP contribution in [-0.4, -0.2) is 34.7 Å². The highest BCUT2D eigenvalue weighted by Crippen LogP contribution is 2.09. The second-order valence-electron chi connectivity index (χ2n) is 5.96. The van der Waals surface area contributed by atoms with Gasteiger partial charge in [-0.2, -0.15) is 0 Å². The average Bonchev–Trinajstić information content (AvgIpc) is 2.46. The Bertz CT molecular complexity index is 294. The zero-order valence-corrected chi connectivity index (χ0v) is 14.0. The summed E-state index contributed by atoms with van der Waals surface area (Å²) in [5, 5.41) is 20.8. The number of hydrogen-bond acceptors (Lipinski definition) is 3. The Morgan fingerprint density at radius 3 is 2.09 bits per heavy atom. The van der Waals surface area contributed by atoms with Crippen molar-refractivity contribution in [3.63, 3.8) is 0 Å². The van der Waals surface area contributed by atoms with Crippen molar-refractivity contribution in [3.05, 3.63) is 0 Å². The SMILES string of the molecule is CCCCCCCC[C@@H](NCCCCCCC(=O)O)C(=O)O. The van der Waals surface area contributed by atoms with E-state index in [1.807, 2.05) is 0 Å². The van der Waals surface area contributed by atoms with Crippen molar-refractivity contribution in [2.24, 2.45) is 0 Å². The van der Waals surface area contributed by atoms with E-state index in [0.717, 1.165) is 32.1 Å². The van der Waals surface area contributed by atoms with Crippen LogP contribution in [0.25, 0.3) is 0 Å². The van der Waals surface area contributed by atoms with Gasteiger partial charge in [0, 0.05) is 6.42 Å². The van der Waals surface area contributed by atoms with E-state index in [4.69, 9.17) is 5.11 Å². The molecule has 5 nitrogen and oxygen atoms in total. The van der Waals surface area contributed by atoms with Gasteiger partial charge in [0.2, 0.25) is 0 Å². The number of carbonyl (C=O) groups is 2. The first kappa shape index (κ1) is 20.9.